The van der Waals surface area contributed by atoms with Gasteiger partial charge in [-0.3, -0.25) is 0 Å². The van der Waals surface area contributed by atoms with Crippen molar-refractivity contribution < 1.29 is 9.84 Å². The molecule has 1 atom stereocenters. The molecule has 1 aromatic carbocycles. The minimum Gasteiger partial charge on any atom is -0.508 e. The number of aryl methyl sites for hydroxylation is 1. The van der Waals surface area contributed by atoms with Gasteiger partial charge in [0, 0.05) is 6.07 Å². The lowest BCUT2D eigenvalue weighted by Crippen LogP contribution is -2.17. The molecule has 0 saturated heterocycles. The third-order valence-corrected chi connectivity index (χ3v) is 3.73. The fourth-order valence-electron chi connectivity index (χ4n) is 2.74. The van der Waals surface area contributed by atoms with Crippen LogP contribution in [0, 0.1) is 0 Å². The first-order valence-corrected chi connectivity index (χ1v) is 6.84. The van der Waals surface area contributed by atoms with E-state index in [4.69, 9.17) is 4.74 Å². The summed E-state index contributed by atoms with van der Waals surface area (Å²) in [7, 11) is 1.61. The Morgan fingerprint density at radius 1 is 1.30 bits per heavy atom. The van der Waals surface area contributed by atoms with Gasteiger partial charge in [0.1, 0.15) is 5.75 Å². The van der Waals surface area contributed by atoms with E-state index in [1.807, 2.05) is 24.3 Å². The molecule has 3 rings (SSSR count). The van der Waals surface area contributed by atoms with E-state index >= 15 is 0 Å². The molecule has 0 amide bonds. The third kappa shape index (κ3) is 2.54. The van der Waals surface area contributed by atoms with Crippen molar-refractivity contribution >= 4 is 5.69 Å². The highest BCUT2D eigenvalue weighted by Crippen LogP contribution is 2.34. The molecule has 0 spiro atoms. The van der Waals surface area contributed by atoms with Gasteiger partial charge in [0.25, 0.3) is 0 Å². The predicted octanol–water partition coefficient (Wildman–Crippen LogP) is 3.29. The molecule has 4 nitrogen and oxygen atoms in total. The largest absolute Gasteiger partial charge is 0.508 e. The summed E-state index contributed by atoms with van der Waals surface area (Å²) < 4.78 is 5.06. The van der Waals surface area contributed by atoms with Crippen molar-refractivity contribution in [2.75, 3.05) is 12.4 Å². The second-order valence-electron chi connectivity index (χ2n) is 5.06. The highest BCUT2D eigenvalue weighted by Gasteiger charge is 2.20. The number of aromatic hydroxyl groups is 1. The molecular weight excluding hydrogens is 252 g/mol. The number of nitrogens with zero attached hydrogens (tertiary/aromatic N) is 1. The van der Waals surface area contributed by atoms with Crippen LogP contribution in [0.5, 0.6) is 11.6 Å². The Balaban J connectivity index is 1.81. The van der Waals surface area contributed by atoms with Gasteiger partial charge in [-0.1, -0.05) is 6.07 Å². The van der Waals surface area contributed by atoms with Crippen LogP contribution in [-0.4, -0.2) is 17.2 Å². The highest BCUT2D eigenvalue weighted by molar-refractivity contribution is 5.47. The van der Waals surface area contributed by atoms with E-state index in [2.05, 4.69) is 10.3 Å². The van der Waals surface area contributed by atoms with Crippen molar-refractivity contribution in [2.24, 2.45) is 0 Å². The fourth-order valence-corrected chi connectivity index (χ4v) is 2.74. The number of phenols is 1. The van der Waals surface area contributed by atoms with Crippen LogP contribution in [0.4, 0.5) is 5.69 Å². The van der Waals surface area contributed by atoms with Crippen LogP contribution in [0.25, 0.3) is 0 Å². The lowest BCUT2D eigenvalue weighted by Gasteiger charge is -2.27. The first-order valence-electron chi connectivity index (χ1n) is 6.84. The number of fused-ring (bicyclic) bond motifs is 1. The molecule has 1 aliphatic rings. The highest BCUT2D eigenvalue weighted by atomic mass is 16.5. The molecule has 1 aliphatic carbocycles. The number of hydrogen-bond donors (Lipinski definition) is 2. The molecule has 2 aromatic rings. The van der Waals surface area contributed by atoms with Gasteiger partial charge in [-0.25, -0.2) is 4.98 Å². The summed E-state index contributed by atoms with van der Waals surface area (Å²) in [6.45, 7) is 0. The summed E-state index contributed by atoms with van der Waals surface area (Å²) in [6, 6.07) is 9.73. The Kier molecular flexibility index (Phi) is 3.46. The maximum atomic E-state index is 9.58. The lowest BCUT2D eigenvalue weighted by molar-refractivity contribution is 0.398. The number of rotatable bonds is 3. The van der Waals surface area contributed by atoms with Crippen LogP contribution >= 0.6 is 0 Å². The van der Waals surface area contributed by atoms with E-state index in [0.717, 1.165) is 24.9 Å². The number of hydrogen-bond acceptors (Lipinski definition) is 4. The maximum absolute atomic E-state index is 9.58. The summed E-state index contributed by atoms with van der Waals surface area (Å²) in [5.74, 6) is 0.958. The Morgan fingerprint density at radius 3 is 2.95 bits per heavy atom. The molecule has 0 radical (unpaired) electrons. The molecule has 104 valence electrons. The van der Waals surface area contributed by atoms with Gasteiger partial charge < -0.3 is 15.2 Å². The van der Waals surface area contributed by atoms with Gasteiger partial charge in [0.05, 0.1) is 25.0 Å². The van der Waals surface area contributed by atoms with Crippen molar-refractivity contribution in [3.8, 4) is 11.6 Å². The Bertz CT molecular complexity index is 596. The van der Waals surface area contributed by atoms with Crippen LogP contribution in [0.1, 0.15) is 30.0 Å². The summed E-state index contributed by atoms with van der Waals surface area (Å²) in [5.41, 5.74) is 3.48. The zero-order valence-electron chi connectivity index (χ0n) is 11.5. The molecule has 2 N–H and O–H groups in total. The number of phenolic OH excluding ortho intramolecular Hbond substituents is 1. The number of benzene rings is 1. The number of ether oxygens (including phenoxy) is 1. The molecule has 4 heteroatoms. The Morgan fingerprint density at radius 2 is 2.20 bits per heavy atom. The second-order valence-corrected chi connectivity index (χ2v) is 5.06. The third-order valence-electron chi connectivity index (χ3n) is 3.73. The van der Waals surface area contributed by atoms with Gasteiger partial charge in [-0.15, -0.1) is 0 Å². The Labute approximate surface area is 118 Å². The van der Waals surface area contributed by atoms with Crippen LogP contribution in [0.2, 0.25) is 0 Å². The molecule has 0 saturated carbocycles. The van der Waals surface area contributed by atoms with E-state index in [9.17, 15) is 5.11 Å². The molecule has 1 unspecified atom stereocenters. The van der Waals surface area contributed by atoms with E-state index in [0.29, 0.717) is 11.6 Å². The topological polar surface area (TPSA) is 54.4 Å². The van der Waals surface area contributed by atoms with Crippen LogP contribution in [-0.2, 0) is 6.42 Å². The molecule has 0 fully saturated rings. The van der Waals surface area contributed by atoms with E-state index in [1.54, 1.807) is 19.4 Å². The van der Waals surface area contributed by atoms with Gasteiger partial charge in [0.15, 0.2) is 0 Å². The molecule has 1 aromatic heterocycles. The van der Waals surface area contributed by atoms with Gasteiger partial charge >= 0.3 is 0 Å². The van der Waals surface area contributed by atoms with Crippen molar-refractivity contribution in [1.29, 1.82) is 0 Å². The average molecular weight is 270 g/mol. The second kappa shape index (κ2) is 5.41. The standard InChI is InChI=1S/C16H18N2O2/c1-20-16-8-5-12(10-17-16)18-15-4-2-3-11-9-13(19)6-7-14(11)15/h5-10,15,18-19H,2-4H2,1H3. The fraction of sp³-hybridized carbons (Fsp3) is 0.312. The van der Waals surface area contributed by atoms with E-state index in [1.165, 1.54) is 11.1 Å². The molecule has 0 bridgehead atoms. The number of aromatic nitrogens is 1. The average Bonchev–Trinajstić information content (AvgIpc) is 2.48. The minimum absolute atomic E-state index is 0.273. The molecular formula is C16H18N2O2. The van der Waals surface area contributed by atoms with Gasteiger partial charge in [-0.2, -0.15) is 0 Å². The first-order chi connectivity index (χ1) is 9.76. The number of pyridine rings is 1. The number of methoxy groups -OCH3 is 1. The quantitative estimate of drug-likeness (QED) is 0.898. The SMILES string of the molecule is COc1ccc(NC2CCCc3cc(O)ccc32)cn1. The van der Waals surface area contributed by atoms with Crippen molar-refractivity contribution in [3.05, 3.63) is 47.7 Å². The first kappa shape index (κ1) is 12.8. The Hall–Kier alpha value is -2.23. The van der Waals surface area contributed by atoms with E-state index in [-0.39, 0.29) is 6.04 Å². The molecule has 0 aliphatic heterocycles. The summed E-state index contributed by atoms with van der Waals surface area (Å²) >= 11 is 0. The summed E-state index contributed by atoms with van der Waals surface area (Å²) in [4.78, 5) is 4.21. The zero-order chi connectivity index (χ0) is 13.9. The molecule has 20 heavy (non-hydrogen) atoms. The predicted molar refractivity (Wildman–Crippen MR) is 78.2 cm³/mol. The van der Waals surface area contributed by atoms with Crippen LogP contribution < -0.4 is 10.1 Å². The van der Waals surface area contributed by atoms with Crippen LogP contribution in [0.15, 0.2) is 36.5 Å². The number of anilines is 1. The summed E-state index contributed by atoms with van der Waals surface area (Å²) in [5, 5.41) is 13.1. The summed E-state index contributed by atoms with van der Waals surface area (Å²) in [6.07, 6.45) is 5.03. The van der Waals surface area contributed by atoms with Gasteiger partial charge in [0.2, 0.25) is 5.88 Å². The van der Waals surface area contributed by atoms with Crippen molar-refractivity contribution in [3.63, 3.8) is 0 Å². The zero-order valence-corrected chi connectivity index (χ0v) is 11.5. The smallest absolute Gasteiger partial charge is 0.213 e. The van der Waals surface area contributed by atoms with Crippen LogP contribution in [0.3, 0.4) is 0 Å². The molecule has 1 heterocycles. The van der Waals surface area contributed by atoms with Gasteiger partial charge in [-0.05, 0) is 48.6 Å². The lowest BCUT2D eigenvalue weighted by atomic mass is 9.87. The van der Waals surface area contributed by atoms with Crippen molar-refractivity contribution in [1.82, 2.24) is 4.98 Å². The van der Waals surface area contributed by atoms with E-state index < -0.39 is 0 Å². The normalized spacial score (nSPS) is 17.4. The number of nitrogens with one attached hydrogen (secondary N) is 1. The minimum atomic E-state index is 0.273. The monoisotopic (exact) mass is 270 g/mol. The van der Waals surface area contributed by atoms with Crippen molar-refractivity contribution in [2.45, 2.75) is 25.3 Å². The maximum Gasteiger partial charge on any atom is 0.213 e.